The van der Waals surface area contributed by atoms with Crippen molar-refractivity contribution in [1.82, 2.24) is 5.32 Å². The highest BCUT2D eigenvalue weighted by atomic mass is 32.2. The summed E-state index contributed by atoms with van der Waals surface area (Å²) in [6.07, 6.45) is 0. The number of carbonyl (C=O) groups is 2. The molecule has 0 spiro atoms. The zero-order valence-corrected chi connectivity index (χ0v) is 16.3. The fourth-order valence-electron chi connectivity index (χ4n) is 3.19. The maximum absolute atomic E-state index is 12.5. The summed E-state index contributed by atoms with van der Waals surface area (Å²) >= 11 is 1.09. The second-order valence-corrected chi connectivity index (χ2v) is 7.94. The number of allylic oxidation sites excluding steroid dienone is 1. The SMILES string of the molecule is CC1(C)C(C#N)=C(SCC(=O)Nc2cccc3ccccc23)NC(=O)[C@H]1C#N. The minimum Gasteiger partial charge on any atom is -0.325 e. The van der Waals surface area contributed by atoms with E-state index in [1.807, 2.05) is 48.5 Å². The second-order valence-electron chi connectivity index (χ2n) is 6.95. The minimum absolute atomic E-state index is 0.0251. The van der Waals surface area contributed by atoms with Gasteiger partial charge < -0.3 is 10.6 Å². The second kappa shape index (κ2) is 7.75. The van der Waals surface area contributed by atoms with Crippen molar-refractivity contribution in [2.24, 2.45) is 11.3 Å². The lowest BCUT2D eigenvalue weighted by molar-refractivity contribution is -0.125. The highest BCUT2D eigenvalue weighted by Crippen LogP contribution is 2.41. The Bertz CT molecular complexity index is 1070. The summed E-state index contributed by atoms with van der Waals surface area (Å²) in [4.78, 5) is 24.7. The Kier molecular flexibility index (Phi) is 5.39. The van der Waals surface area contributed by atoms with Gasteiger partial charge in [0.05, 0.1) is 28.5 Å². The van der Waals surface area contributed by atoms with Gasteiger partial charge in [0.15, 0.2) is 0 Å². The first-order valence-corrected chi connectivity index (χ1v) is 9.62. The summed E-state index contributed by atoms with van der Waals surface area (Å²) in [5.41, 5.74) is 0.0950. The summed E-state index contributed by atoms with van der Waals surface area (Å²) in [7, 11) is 0. The molecule has 3 rings (SSSR count). The van der Waals surface area contributed by atoms with Gasteiger partial charge >= 0.3 is 0 Å². The Balaban J connectivity index is 1.77. The molecule has 0 unspecified atom stereocenters. The quantitative estimate of drug-likeness (QED) is 0.830. The molecule has 6 nitrogen and oxygen atoms in total. The molecule has 2 amide bonds. The van der Waals surface area contributed by atoms with E-state index < -0.39 is 17.2 Å². The number of hydrogen-bond donors (Lipinski definition) is 2. The van der Waals surface area contributed by atoms with E-state index in [0.29, 0.717) is 16.3 Å². The van der Waals surface area contributed by atoms with Crippen LogP contribution in [0.3, 0.4) is 0 Å². The van der Waals surface area contributed by atoms with Crippen molar-refractivity contribution in [3.63, 3.8) is 0 Å². The van der Waals surface area contributed by atoms with Gasteiger partial charge in [0.2, 0.25) is 11.8 Å². The third-order valence-corrected chi connectivity index (χ3v) is 5.75. The largest absolute Gasteiger partial charge is 0.325 e. The number of fused-ring (bicyclic) bond motifs is 1. The maximum Gasteiger partial charge on any atom is 0.243 e. The topological polar surface area (TPSA) is 106 Å². The zero-order valence-electron chi connectivity index (χ0n) is 15.4. The molecule has 28 heavy (non-hydrogen) atoms. The summed E-state index contributed by atoms with van der Waals surface area (Å²) in [5.74, 6) is -1.63. The molecule has 7 heteroatoms. The number of carbonyl (C=O) groups excluding carboxylic acids is 2. The van der Waals surface area contributed by atoms with Crippen LogP contribution < -0.4 is 10.6 Å². The highest BCUT2D eigenvalue weighted by molar-refractivity contribution is 8.03. The molecule has 140 valence electrons. The number of anilines is 1. The van der Waals surface area contributed by atoms with Crippen LogP contribution in [0.5, 0.6) is 0 Å². The summed E-state index contributed by atoms with van der Waals surface area (Å²) in [6, 6.07) is 17.4. The molecular weight excluding hydrogens is 372 g/mol. The van der Waals surface area contributed by atoms with Crippen LogP contribution in [0, 0.1) is 34.0 Å². The van der Waals surface area contributed by atoms with Crippen LogP contribution in [0.1, 0.15) is 13.8 Å². The molecule has 1 aliphatic heterocycles. The molecule has 2 aromatic carbocycles. The summed E-state index contributed by atoms with van der Waals surface area (Å²) in [5, 5.41) is 26.5. The van der Waals surface area contributed by atoms with E-state index in [1.165, 1.54) is 0 Å². The first kappa shape index (κ1) is 19.5. The number of nitriles is 2. The van der Waals surface area contributed by atoms with E-state index in [-0.39, 0.29) is 11.7 Å². The lowest BCUT2D eigenvalue weighted by Crippen LogP contribution is -2.44. The molecule has 1 atom stereocenters. The van der Waals surface area contributed by atoms with Gasteiger partial charge in [-0.05, 0) is 11.5 Å². The Morgan fingerprint density at radius 1 is 1.21 bits per heavy atom. The average molecular weight is 390 g/mol. The lowest BCUT2D eigenvalue weighted by atomic mass is 9.72. The van der Waals surface area contributed by atoms with E-state index in [1.54, 1.807) is 13.8 Å². The van der Waals surface area contributed by atoms with Gasteiger partial charge in [0, 0.05) is 16.5 Å². The predicted molar refractivity (Wildman–Crippen MR) is 109 cm³/mol. The number of amides is 2. The smallest absolute Gasteiger partial charge is 0.243 e. The van der Waals surface area contributed by atoms with Gasteiger partial charge in [-0.3, -0.25) is 9.59 Å². The number of benzene rings is 2. The first-order chi connectivity index (χ1) is 13.4. The van der Waals surface area contributed by atoms with Gasteiger partial charge in [-0.15, -0.1) is 0 Å². The maximum atomic E-state index is 12.5. The van der Waals surface area contributed by atoms with E-state index in [9.17, 15) is 20.1 Å². The normalized spacial score (nSPS) is 18.1. The zero-order chi connectivity index (χ0) is 20.3. The van der Waals surface area contributed by atoms with Crippen molar-refractivity contribution in [3.05, 3.63) is 53.1 Å². The average Bonchev–Trinajstić information content (AvgIpc) is 2.66. The van der Waals surface area contributed by atoms with Crippen LogP contribution in [-0.4, -0.2) is 17.6 Å². The van der Waals surface area contributed by atoms with Gasteiger partial charge in [0.1, 0.15) is 5.92 Å². The third-order valence-electron chi connectivity index (χ3n) is 4.74. The molecule has 1 aliphatic rings. The van der Waals surface area contributed by atoms with Crippen molar-refractivity contribution in [2.45, 2.75) is 13.8 Å². The Morgan fingerprint density at radius 2 is 1.93 bits per heavy atom. The number of nitrogens with one attached hydrogen (secondary N) is 2. The monoisotopic (exact) mass is 390 g/mol. The van der Waals surface area contributed by atoms with E-state index in [2.05, 4.69) is 16.7 Å². The van der Waals surface area contributed by atoms with Crippen molar-refractivity contribution in [1.29, 1.82) is 10.5 Å². The molecule has 0 saturated heterocycles. The van der Waals surface area contributed by atoms with E-state index in [0.717, 1.165) is 22.5 Å². The fourth-order valence-corrected chi connectivity index (χ4v) is 4.17. The number of rotatable bonds is 4. The molecule has 2 N–H and O–H groups in total. The van der Waals surface area contributed by atoms with Gasteiger partial charge in [-0.25, -0.2) is 0 Å². The standard InChI is InChI=1S/C21H18N4O2S/c1-21(2)15(10-22)19(27)25-20(16(21)11-23)28-12-18(26)24-17-9-5-7-13-6-3-4-8-14(13)17/h3-9,15H,12H2,1-2H3,(H,24,26)(H,25,27)/t15-/m1/s1. The number of nitrogens with zero attached hydrogens (tertiary/aromatic N) is 2. The van der Waals surface area contributed by atoms with E-state index >= 15 is 0 Å². The van der Waals surface area contributed by atoms with Gasteiger partial charge in [0.25, 0.3) is 0 Å². The molecule has 0 fully saturated rings. The molecule has 0 aromatic heterocycles. The third kappa shape index (κ3) is 3.58. The Morgan fingerprint density at radius 3 is 2.64 bits per heavy atom. The Hall–Kier alpha value is -3.29. The fraction of sp³-hybridized carbons (Fsp3) is 0.238. The van der Waals surface area contributed by atoms with Crippen LogP contribution in [0.4, 0.5) is 5.69 Å². The van der Waals surface area contributed by atoms with Crippen LogP contribution in [0.25, 0.3) is 10.8 Å². The molecule has 0 aliphatic carbocycles. The van der Waals surface area contributed by atoms with E-state index in [4.69, 9.17) is 0 Å². The van der Waals surface area contributed by atoms with Crippen molar-refractivity contribution in [2.75, 3.05) is 11.1 Å². The van der Waals surface area contributed by atoms with Crippen molar-refractivity contribution in [3.8, 4) is 12.1 Å². The summed E-state index contributed by atoms with van der Waals surface area (Å²) < 4.78 is 0. The first-order valence-electron chi connectivity index (χ1n) is 8.64. The minimum atomic E-state index is -0.948. The predicted octanol–water partition coefficient (Wildman–Crippen LogP) is 3.54. The Labute approximate surface area is 167 Å². The van der Waals surface area contributed by atoms with Crippen LogP contribution in [0.15, 0.2) is 53.1 Å². The molecule has 0 radical (unpaired) electrons. The van der Waals surface area contributed by atoms with Crippen molar-refractivity contribution < 1.29 is 9.59 Å². The number of hydrogen-bond acceptors (Lipinski definition) is 5. The van der Waals surface area contributed by atoms with Gasteiger partial charge in [-0.1, -0.05) is 62.0 Å². The summed E-state index contributed by atoms with van der Waals surface area (Å²) in [6.45, 7) is 3.38. The molecular formula is C21H18N4O2S. The van der Waals surface area contributed by atoms with Crippen LogP contribution in [0.2, 0.25) is 0 Å². The van der Waals surface area contributed by atoms with Crippen molar-refractivity contribution >= 4 is 40.0 Å². The highest BCUT2D eigenvalue weighted by Gasteiger charge is 2.44. The van der Waals surface area contributed by atoms with Gasteiger partial charge in [-0.2, -0.15) is 10.5 Å². The van der Waals surface area contributed by atoms with Crippen LogP contribution >= 0.6 is 11.8 Å². The van der Waals surface area contributed by atoms with Crippen LogP contribution in [-0.2, 0) is 9.59 Å². The molecule has 1 heterocycles. The molecule has 2 aromatic rings. The molecule has 0 bridgehead atoms. The lowest BCUT2D eigenvalue weighted by Gasteiger charge is -2.34. The molecule has 0 saturated carbocycles. The number of thioether (sulfide) groups is 1.